The van der Waals surface area contributed by atoms with Crippen LogP contribution in [0.1, 0.15) is 63.2 Å². The van der Waals surface area contributed by atoms with Gasteiger partial charge in [0.1, 0.15) is 12.4 Å². The molecule has 0 unspecified atom stereocenters. The van der Waals surface area contributed by atoms with Gasteiger partial charge in [0.25, 0.3) is 5.56 Å². The summed E-state index contributed by atoms with van der Waals surface area (Å²) in [7, 11) is 1.63. The van der Waals surface area contributed by atoms with E-state index in [4.69, 9.17) is 14.2 Å². The van der Waals surface area contributed by atoms with E-state index >= 15 is 0 Å². The van der Waals surface area contributed by atoms with Gasteiger partial charge in [0, 0.05) is 31.2 Å². The Morgan fingerprint density at radius 1 is 1.03 bits per heavy atom. The van der Waals surface area contributed by atoms with Gasteiger partial charge in [-0.15, -0.1) is 12.4 Å². The molecule has 1 N–H and O–H groups in total. The van der Waals surface area contributed by atoms with Gasteiger partial charge in [-0.2, -0.15) is 0 Å². The summed E-state index contributed by atoms with van der Waals surface area (Å²) in [5.41, 5.74) is 5.23. The molecule has 0 aliphatic carbocycles. The Balaban J connectivity index is 0.00000420. The van der Waals surface area contributed by atoms with Gasteiger partial charge in [0.05, 0.1) is 5.69 Å². The minimum atomic E-state index is -0.591. The zero-order chi connectivity index (χ0) is 27.3. The molecule has 208 valence electrons. The molecule has 2 heterocycles. The number of rotatable bonds is 10. The number of nitrogens with zero attached hydrogens (tertiary/aromatic N) is 3. The molecule has 8 nitrogen and oxygen atoms in total. The lowest BCUT2D eigenvalue weighted by Gasteiger charge is -2.24. The van der Waals surface area contributed by atoms with E-state index in [1.165, 1.54) is 0 Å². The zero-order valence-electron chi connectivity index (χ0n) is 23.2. The third-order valence-corrected chi connectivity index (χ3v) is 6.37. The molecule has 0 atom stereocenters. The van der Waals surface area contributed by atoms with Crippen molar-refractivity contribution in [1.82, 2.24) is 19.7 Å². The van der Waals surface area contributed by atoms with E-state index in [2.05, 4.69) is 37.8 Å². The summed E-state index contributed by atoms with van der Waals surface area (Å²) in [6, 6.07) is 15.8. The van der Waals surface area contributed by atoms with Crippen LogP contribution in [-0.2, 0) is 30.7 Å². The molecule has 0 saturated carbocycles. The van der Waals surface area contributed by atoms with Crippen LogP contribution in [0.3, 0.4) is 0 Å². The number of benzene rings is 2. The predicted octanol–water partition coefficient (Wildman–Crippen LogP) is 5.80. The van der Waals surface area contributed by atoms with Gasteiger partial charge in [-0.25, -0.2) is 9.78 Å². The van der Waals surface area contributed by atoms with E-state index in [1.807, 2.05) is 48.5 Å². The van der Waals surface area contributed by atoms with Crippen molar-refractivity contribution < 1.29 is 9.26 Å². The molecule has 4 rings (SSSR count). The average Bonchev–Trinajstić information content (AvgIpc) is 3.33. The maximum absolute atomic E-state index is 13.8. The smallest absolute Gasteiger partial charge is 0.377 e. The predicted molar refractivity (Wildman–Crippen MR) is 155 cm³/mol. The largest absolute Gasteiger partial charge is 0.439 e. The van der Waals surface area contributed by atoms with Crippen molar-refractivity contribution in [3.8, 4) is 22.5 Å². The lowest BCUT2D eigenvalue weighted by molar-refractivity contribution is 0.168. The molecule has 4 aromatic rings. The van der Waals surface area contributed by atoms with Gasteiger partial charge in [-0.3, -0.25) is 18.9 Å². The highest BCUT2D eigenvalue weighted by Crippen LogP contribution is 2.30. The van der Waals surface area contributed by atoms with Crippen molar-refractivity contribution >= 4 is 12.4 Å². The standard InChI is InChI=1S/C30H36N4O4.ClH/c1-6-7-12-25-24(28(35)34(19-30(2,3)4)26(31-25)18-37-5)17-20-13-15-21(16-14-20)22-10-8-9-11-23(22)27-32-29(36)38-33-27;/h8-11,13-16H,6-7,12,17-19H2,1-5H3,(H,32,33,36);1H. The minimum Gasteiger partial charge on any atom is -0.377 e. The van der Waals surface area contributed by atoms with E-state index in [1.54, 1.807) is 11.7 Å². The number of aromatic amines is 1. The van der Waals surface area contributed by atoms with Crippen molar-refractivity contribution in [3.63, 3.8) is 0 Å². The maximum Gasteiger partial charge on any atom is 0.439 e. The highest BCUT2D eigenvalue weighted by molar-refractivity contribution is 5.85. The topological polar surface area (TPSA) is 103 Å². The molecule has 0 radical (unpaired) electrons. The first-order valence-electron chi connectivity index (χ1n) is 13.0. The summed E-state index contributed by atoms with van der Waals surface area (Å²) in [4.78, 5) is 32.9. The van der Waals surface area contributed by atoms with Gasteiger partial charge in [-0.1, -0.05) is 87.8 Å². The van der Waals surface area contributed by atoms with Crippen molar-refractivity contribution in [2.75, 3.05) is 7.11 Å². The molecule has 2 aromatic heterocycles. The number of ether oxygens (including phenoxy) is 1. The number of hydrogen-bond donors (Lipinski definition) is 1. The second kappa shape index (κ2) is 13.0. The molecule has 0 aliphatic heterocycles. The fraction of sp³-hybridized carbons (Fsp3) is 0.400. The summed E-state index contributed by atoms with van der Waals surface area (Å²) in [6.45, 7) is 9.36. The van der Waals surface area contributed by atoms with Crippen LogP contribution in [0.15, 0.2) is 62.6 Å². The molecular weight excluding hydrogens is 516 g/mol. The number of hydrogen-bond acceptors (Lipinski definition) is 6. The first-order valence-corrected chi connectivity index (χ1v) is 13.0. The average molecular weight is 553 g/mol. The van der Waals surface area contributed by atoms with Crippen LogP contribution < -0.4 is 11.3 Å². The third kappa shape index (κ3) is 7.34. The van der Waals surface area contributed by atoms with Crippen molar-refractivity contribution in [1.29, 1.82) is 0 Å². The molecule has 0 aliphatic rings. The van der Waals surface area contributed by atoms with Crippen molar-refractivity contribution in [2.24, 2.45) is 5.41 Å². The Morgan fingerprint density at radius 3 is 2.31 bits per heavy atom. The quantitative estimate of drug-likeness (QED) is 0.267. The number of unbranched alkanes of at least 4 members (excludes halogenated alkanes) is 1. The number of methoxy groups -OCH3 is 1. The highest BCUT2D eigenvalue weighted by atomic mass is 35.5. The van der Waals surface area contributed by atoms with E-state index in [0.29, 0.717) is 31.2 Å². The summed E-state index contributed by atoms with van der Waals surface area (Å²) >= 11 is 0. The van der Waals surface area contributed by atoms with Crippen LogP contribution in [0.4, 0.5) is 0 Å². The lowest BCUT2D eigenvalue weighted by atomic mass is 9.95. The molecular formula is C30H37ClN4O4. The molecule has 0 bridgehead atoms. The number of halogens is 1. The number of nitrogens with one attached hydrogen (secondary N) is 1. The minimum absolute atomic E-state index is 0. The van der Waals surface area contributed by atoms with E-state index in [9.17, 15) is 9.59 Å². The molecule has 0 saturated heterocycles. The van der Waals surface area contributed by atoms with Gasteiger partial charge < -0.3 is 4.74 Å². The molecule has 39 heavy (non-hydrogen) atoms. The summed E-state index contributed by atoms with van der Waals surface area (Å²) in [5, 5.41) is 3.85. The second-order valence-corrected chi connectivity index (χ2v) is 10.8. The maximum atomic E-state index is 13.8. The molecule has 0 spiro atoms. The van der Waals surface area contributed by atoms with Crippen LogP contribution in [0.2, 0.25) is 0 Å². The first kappa shape index (κ1) is 30.1. The fourth-order valence-corrected chi connectivity index (χ4v) is 4.59. The SMILES string of the molecule is CCCCc1nc(COC)n(CC(C)(C)C)c(=O)c1Cc1ccc(-c2ccccc2-c2noc(=O)[nH]2)cc1.Cl. The van der Waals surface area contributed by atoms with Crippen LogP contribution >= 0.6 is 12.4 Å². The van der Waals surface area contributed by atoms with Gasteiger partial charge in [0.2, 0.25) is 0 Å². The Kier molecular flexibility index (Phi) is 10.1. The molecule has 0 amide bonds. The fourth-order valence-electron chi connectivity index (χ4n) is 4.59. The Bertz CT molecular complexity index is 1500. The first-order chi connectivity index (χ1) is 18.2. The monoisotopic (exact) mass is 552 g/mol. The van der Waals surface area contributed by atoms with Crippen molar-refractivity contribution in [3.05, 3.63) is 92.1 Å². The van der Waals surface area contributed by atoms with Crippen LogP contribution in [-0.4, -0.2) is 26.8 Å². The third-order valence-electron chi connectivity index (χ3n) is 6.37. The number of aryl methyl sites for hydroxylation is 1. The second-order valence-electron chi connectivity index (χ2n) is 10.8. The molecule has 2 aromatic carbocycles. The van der Waals surface area contributed by atoms with Gasteiger partial charge >= 0.3 is 5.76 Å². The zero-order valence-corrected chi connectivity index (χ0v) is 24.1. The Labute approximate surface area is 234 Å². The summed E-state index contributed by atoms with van der Waals surface area (Å²) < 4.78 is 11.9. The van der Waals surface area contributed by atoms with E-state index in [0.717, 1.165) is 52.8 Å². The normalized spacial score (nSPS) is 11.4. The Hall–Kier alpha value is -3.49. The number of aromatic nitrogens is 4. The van der Waals surface area contributed by atoms with Crippen LogP contribution in [0.5, 0.6) is 0 Å². The van der Waals surface area contributed by atoms with Crippen molar-refractivity contribution in [2.45, 2.75) is 66.5 Å². The van der Waals surface area contributed by atoms with Gasteiger partial charge in [0.15, 0.2) is 5.82 Å². The summed E-state index contributed by atoms with van der Waals surface area (Å²) in [5.74, 6) is 0.475. The lowest BCUT2D eigenvalue weighted by Crippen LogP contribution is -2.34. The number of H-pyrrole nitrogens is 1. The molecule has 9 heteroatoms. The van der Waals surface area contributed by atoms with Gasteiger partial charge in [-0.05, 0) is 34.9 Å². The van der Waals surface area contributed by atoms with Crippen LogP contribution in [0, 0.1) is 5.41 Å². The Morgan fingerprint density at radius 2 is 1.72 bits per heavy atom. The van der Waals surface area contributed by atoms with E-state index < -0.39 is 5.76 Å². The molecule has 0 fully saturated rings. The van der Waals surface area contributed by atoms with Crippen LogP contribution in [0.25, 0.3) is 22.5 Å². The summed E-state index contributed by atoms with van der Waals surface area (Å²) in [6.07, 6.45) is 3.25. The van der Waals surface area contributed by atoms with E-state index in [-0.39, 0.29) is 23.4 Å². The highest BCUT2D eigenvalue weighted by Gasteiger charge is 2.21.